The van der Waals surface area contributed by atoms with Gasteiger partial charge in [0, 0.05) is 22.0 Å². The number of hydrogen-bond donors (Lipinski definition) is 2. The molecule has 0 aliphatic heterocycles. The van der Waals surface area contributed by atoms with Crippen LogP contribution in [-0.4, -0.2) is 36.4 Å². The van der Waals surface area contributed by atoms with Crippen molar-refractivity contribution in [2.24, 2.45) is 0 Å². The number of phenolic OH excluding ortho intramolecular Hbond substituents is 1. The molecule has 4 aromatic carbocycles. The number of rotatable bonds is 18. The molecule has 0 fully saturated rings. The minimum Gasteiger partial charge on any atom is -0.744 e. The van der Waals surface area contributed by atoms with Gasteiger partial charge in [0.25, 0.3) is 0 Å². The third-order valence-corrected chi connectivity index (χ3v) is 9.73. The molecule has 0 bridgehead atoms. The van der Waals surface area contributed by atoms with Crippen molar-refractivity contribution in [1.29, 1.82) is 0 Å². The van der Waals surface area contributed by atoms with E-state index in [9.17, 15) is 23.2 Å². The van der Waals surface area contributed by atoms with E-state index in [1.165, 1.54) is 37.1 Å². The number of aliphatic hydroxyl groups excluding tert-OH is 1. The van der Waals surface area contributed by atoms with Crippen LogP contribution in [0.25, 0.3) is 11.1 Å². The predicted molar refractivity (Wildman–Crippen MR) is 181 cm³/mol. The van der Waals surface area contributed by atoms with Gasteiger partial charge in [0.1, 0.15) is 27.7 Å². The first-order valence-electron chi connectivity index (χ1n) is 15.9. The van der Waals surface area contributed by atoms with Crippen molar-refractivity contribution in [2.45, 2.75) is 86.2 Å². The van der Waals surface area contributed by atoms with Crippen molar-refractivity contribution in [3.63, 3.8) is 0 Å². The molecule has 0 heterocycles. The maximum Gasteiger partial charge on any atom is 1.00 e. The Hall–Kier alpha value is -2.34. The zero-order valence-electron chi connectivity index (χ0n) is 27.5. The molecule has 0 saturated heterocycles. The largest absolute Gasteiger partial charge is 1.00 e. The summed E-state index contributed by atoms with van der Waals surface area (Å²) in [4.78, 5) is 0.707. The molecule has 0 saturated carbocycles. The molecule has 0 aliphatic rings. The Morgan fingerprint density at radius 3 is 2.26 bits per heavy atom. The first-order valence-corrected chi connectivity index (χ1v) is 18.1. The van der Waals surface area contributed by atoms with Crippen LogP contribution in [0, 0.1) is 0 Å². The molecular weight excluding hydrogens is 644 g/mol. The zero-order chi connectivity index (χ0) is 32.9. The Bertz CT molecular complexity index is 1660. The summed E-state index contributed by atoms with van der Waals surface area (Å²) in [5.74, 6) is 0.656. The Labute approximate surface area is 305 Å². The van der Waals surface area contributed by atoms with E-state index in [-0.39, 0.29) is 40.2 Å². The molecule has 10 heteroatoms. The average Bonchev–Trinajstić information content (AvgIpc) is 3.05. The van der Waals surface area contributed by atoms with Gasteiger partial charge in [0.2, 0.25) is 0 Å². The fourth-order valence-corrected chi connectivity index (χ4v) is 6.94. The van der Waals surface area contributed by atoms with Gasteiger partial charge in [-0.25, -0.2) is 8.42 Å². The van der Waals surface area contributed by atoms with Crippen molar-refractivity contribution in [3.8, 4) is 22.6 Å². The van der Waals surface area contributed by atoms with Gasteiger partial charge in [0.15, 0.2) is 0 Å². The van der Waals surface area contributed by atoms with Gasteiger partial charge in [-0.2, -0.15) is 0 Å². The van der Waals surface area contributed by atoms with Crippen LogP contribution in [0.3, 0.4) is 0 Å². The number of phenols is 1. The molecule has 0 aliphatic carbocycles. The molecule has 1 atom stereocenters. The van der Waals surface area contributed by atoms with Crippen LogP contribution in [0.15, 0.2) is 99.6 Å². The molecule has 47 heavy (non-hydrogen) atoms. The molecule has 1 unspecified atom stereocenters. The van der Waals surface area contributed by atoms with Crippen molar-refractivity contribution in [1.82, 2.24) is 0 Å². The SMILES string of the molecule is CCCCCCCOCc1ccc(O)c(C(O)c2ccccc2-c2ccc(Sc3ccc(OCCCC)cc3)c(S(=O)(=O)[O-])c2)c1.[Na+]. The van der Waals surface area contributed by atoms with Gasteiger partial charge in [-0.3, -0.25) is 0 Å². The second-order valence-corrected chi connectivity index (χ2v) is 13.7. The van der Waals surface area contributed by atoms with Crippen molar-refractivity contribution in [3.05, 3.63) is 102 Å². The summed E-state index contributed by atoms with van der Waals surface area (Å²) in [6.07, 6.45) is 6.49. The third kappa shape index (κ3) is 11.6. The van der Waals surface area contributed by atoms with Crippen molar-refractivity contribution >= 4 is 21.9 Å². The van der Waals surface area contributed by atoms with Crippen molar-refractivity contribution < 1.29 is 62.2 Å². The van der Waals surface area contributed by atoms with Gasteiger partial charge in [-0.15, -0.1) is 0 Å². The third-order valence-electron chi connectivity index (χ3n) is 7.65. The summed E-state index contributed by atoms with van der Waals surface area (Å²) < 4.78 is 48.9. The fraction of sp³-hybridized carbons (Fsp3) is 0.351. The summed E-state index contributed by atoms with van der Waals surface area (Å²) in [6.45, 7) is 5.89. The van der Waals surface area contributed by atoms with Crippen LogP contribution in [0.5, 0.6) is 11.5 Å². The van der Waals surface area contributed by atoms with Gasteiger partial charge in [0.05, 0.1) is 18.1 Å². The number of benzene rings is 4. The maximum atomic E-state index is 12.4. The maximum absolute atomic E-state index is 12.4. The summed E-state index contributed by atoms with van der Waals surface area (Å²) in [5.41, 5.74) is 2.58. The Kier molecular flexibility index (Phi) is 16.3. The molecule has 2 N–H and O–H groups in total. The first-order chi connectivity index (χ1) is 22.2. The Morgan fingerprint density at radius 1 is 0.809 bits per heavy atom. The zero-order valence-corrected chi connectivity index (χ0v) is 31.1. The monoisotopic (exact) mass is 686 g/mol. The normalized spacial score (nSPS) is 12.0. The number of unbranched alkanes of at least 4 members (excludes halogenated alkanes) is 5. The molecule has 246 valence electrons. The van der Waals surface area contributed by atoms with E-state index in [1.54, 1.807) is 54.6 Å². The average molecular weight is 687 g/mol. The standard InChI is InChI=1S/C37H44O7S2.Na/c1-3-5-7-8-11-22-43-26-27-14-20-34(38)33(24-27)37(39)32-13-10-9-12-31(32)28-15-21-35(36(25-28)46(40,41)42)45-30-18-16-29(17-19-30)44-23-6-4-2;/h9-10,12-21,24-25,37-39H,3-8,11,22-23,26H2,1-2H3,(H,40,41,42);/q;+1/p-1. The summed E-state index contributed by atoms with van der Waals surface area (Å²) >= 11 is 1.18. The molecule has 4 rings (SSSR count). The molecule has 0 radical (unpaired) electrons. The number of aliphatic hydroxyl groups is 1. The van der Waals surface area contributed by atoms with Crippen LogP contribution in [0.1, 0.15) is 81.6 Å². The molecule has 0 spiro atoms. The van der Waals surface area contributed by atoms with E-state index >= 15 is 0 Å². The van der Waals surface area contributed by atoms with Crippen molar-refractivity contribution in [2.75, 3.05) is 13.2 Å². The van der Waals surface area contributed by atoms with Crippen LogP contribution in [0.2, 0.25) is 0 Å². The van der Waals surface area contributed by atoms with E-state index in [2.05, 4.69) is 13.8 Å². The minimum atomic E-state index is -4.83. The number of hydrogen-bond acceptors (Lipinski definition) is 8. The van der Waals surface area contributed by atoms with E-state index < -0.39 is 16.2 Å². The van der Waals surface area contributed by atoms with E-state index in [0.29, 0.717) is 47.0 Å². The van der Waals surface area contributed by atoms with E-state index in [0.717, 1.165) is 41.9 Å². The predicted octanol–water partition coefficient (Wildman–Crippen LogP) is 5.87. The van der Waals surface area contributed by atoms with E-state index in [4.69, 9.17) is 9.47 Å². The van der Waals surface area contributed by atoms with Crippen LogP contribution < -0.4 is 34.3 Å². The Morgan fingerprint density at radius 2 is 1.53 bits per heavy atom. The van der Waals surface area contributed by atoms with Gasteiger partial charge < -0.3 is 24.2 Å². The van der Waals surface area contributed by atoms with Crippen LogP contribution >= 0.6 is 11.8 Å². The number of ether oxygens (including phenoxy) is 2. The van der Waals surface area contributed by atoms with Crippen LogP contribution in [-0.2, 0) is 21.5 Å². The molecule has 4 aromatic rings. The first kappa shape index (κ1) is 39.1. The fourth-order valence-electron chi connectivity index (χ4n) is 5.10. The van der Waals surface area contributed by atoms with Gasteiger partial charge in [-0.1, -0.05) is 94.1 Å². The van der Waals surface area contributed by atoms with E-state index in [1.807, 2.05) is 24.3 Å². The molecule has 0 aromatic heterocycles. The quantitative estimate of drug-likeness (QED) is 0.0760. The molecule has 0 amide bonds. The summed E-state index contributed by atoms with van der Waals surface area (Å²) in [7, 11) is -4.83. The summed E-state index contributed by atoms with van der Waals surface area (Å²) in [6, 6.07) is 24.0. The molecular formula is C37H43NaO7S2. The smallest absolute Gasteiger partial charge is 0.744 e. The second-order valence-electron chi connectivity index (χ2n) is 11.2. The van der Waals surface area contributed by atoms with Gasteiger partial charge in [-0.05, 0) is 83.6 Å². The topological polar surface area (TPSA) is 116 Å². The number of aromatic hydroxyl groups is 1. The van der Waals surface area contributed by atoms with Gasteiger partial charge >= 0.3 is 29.6 Å². The Balaban J connectivity index is 0.00000600. The minimum absolute atomic E-state index is 0. The molecule has 7 nitrogen and oxygen atoms in total. The second kappa shape index (κ2) is 19.6. The van der Waals surface area contributed by atoms with Crippen LogP contribution in [0.4, 0.5) is 0 Å². The summed E-state index contributed by atoms with van der Waals surface area (Å²) in [5, 5.41) is 22.2.